The lowest BCUT2D eigenvalue weighted by molar-refractivity contribution is 0.669. The zero-order chi connectivity index (χ0) is 37.0. The molecule has 11 rings (SSSR count). The molecule has 0 fully saturated rings. The van der Waals surface area contributed by atoms with E-state index in [-0.39, 0.29) is 0 Å². The quantitative estimate of drug-likeness (QED) is 0.172. The summed E-state index contributed by atoms with van der Waals surface area (Å²) >= 11 is 0. The van der Waals surface area contributed by atoms with Gasteiger partial charge in [-0.15, -0.1) is 0 Å². The summed E-state index contributed by atoms with van der Waals surface area (Å²) in [6.45, 7) is 0. The van der Waals surface area contributed by atoms with E-state index in [1.807, 2.05) is 42.5 Å². The van der Waals surface area contributed by atoms with Crippen molar-refractivity contribution in [3.8, 4) is 62.1 Å². The fourth-order valence-corrected chi connectivity index (χ4v) is 7.90. The van der Waals surface area contributed by atoms with Gasteiger partial charge in [-0.2, -0.15) is 0 Å². The normalized spacial score (nSPS) is 11.6. The minimum atomic E-state index is 0.623. The second kappa shape index (κ2) is 13.0. The molecule has 0 N–H and O–H groups in total. The maximum atomic E-state index is 6.54. The molecule has 0 unspecified atom stereocenters. The number of rotatable bonds is 6. The zero-order valence-electron chi connectivity index (χ0n) is 30.2. The van der Waals surface area contributed by atoms with Crippen molar-refractivity contribution in [3.05, 3.63) is 194 Å². The Balaban J connectivity index is 1.03. The van der Waals surface area contributed by atoms with Crippen molar-refractivity contribution in [3.63, 3.8) is 0 Å². The minimum absolute atomic E-state index is 0.623. The van der Waals surface area contributed by atoms with Crippen LogP contribution >= 0.6 is 0 Å². The first-order chi connectivity index (χ1) is 27.7. The molecule has 0 aliphatic rings. The van der Waals surface area contributed by atoms with Gasteiger partial charge in [-0.05, 0) is 70.8 Å². The van der Waals surface area contributed by atoms with Crippen LogP contribution in [0.4, 0.5) is 0 Å². The van der Waals surface area contributed by atoms with Crippen LogP contribution in [-0.2, 0) is 0 Å². The van der Waals surface area contributed by atoms with Crippen molar-refractivity contribution >= 4 is 43.7 Å². The van der Waals surface area contributed by atoms with Gasteiger partial charge in [-0.25, -0.2) is 15.0 Å². The monoisotopic (exact) mass is 716 g/mol. The van der Waals surface area contributed by atoms with E-state index >= 15 is 0 Å². The van der Waals surface area contributed by atoms with Crippen molar-refractivity contribution < 1.29 is 4.42 Å². The van der Waals surface area contributed by atoms with E-state index in [0.29, 0.717) is 17.5 Å². The van der Waals surface area contributed by atoms with E-state index in [2.05, 4.69) is 156 Å². The predicted octanol–water partition coefficient (Wildman–Crippen LogP) is 13.2. The lowest BCUT2D eigenvalue weighted by Gasteiger charge is -2.10. The first kappa shape index (κ1) is 31.9. The summed E-state index contributed by atoms with van der Waals surface area (Å²) in [5, 5.41) is 4.47. The molecule has 0 atom stereocenters. The molecule has 5 heteroatoms. The number of aromatic nitrogens is 4. The predicted molar refractivity (Wildman–Crippen MR) is 229 cm³/mol. The minimum Gasteiger partial charge on any atom is -0.456 e. The topological polar surface area (TPSA) is 56.7 Å². The fourth-order valence-electron chi connectivity index (χ4n) is 7.90. The number of para-hydroxylation sites is 1. The summed E-state index contributed by atoms with van der Waals surface area (Å²) in [5.74, 6) is 1.89. The van der Waals surface area contributed by atoms with Gasteiger partial charge in [-0.1, -0.05) is 140 Å². The first-order valence-electron chi connectivity index (χ1n) is 18.8. The second-order valence-corrected chi connectivity index (χ2v) is 14.1. The molecular weight excluding hydrogens is 685 g/mol. The number of hydrogen-bond acceptors (Lipinski definition) is 4. The number of furan rings is 1. The van der Waals surface area contributed by atoms with Crippen LogP contribution in [0.15, 0.2) is 199 Å². The van der Waals surface area contributed by atoms with Crippen LogP contribution in [0.5, 0.6) is 0 Å². The van der Waals surface area contributed by atoms with Crippen LogP contribution in [0.1, 0.15) is 0 Å². The van der Waals surface area contributed by atoms with E-state index in [1.165, 1.54) is 11.1 Å². The Morgan fingerprint density at radius 3 is 1.46 bits per heavy atom. The molecule has 56 heavy (non-hydrogen) atoms. The molecule has 3 heterocycles. The zero-order valence-corrected chi connectivity index (χ0v) is 30.2. The molecule has 0 saturated heterocycles. The summed E-state index contributed by atoms with van der Waals surface area (Å²) in [6.07, 6.45) is 0. The lowest BCUT2D eigenvalue weighted by Crippen LogP contribution is -2.00. The number of benzene rings is 8. The molecule has 0 spiro atoms. The van der Waals surface area contributed by atoms with Crippen molar-refractivity contribution in [2.24, 2.45) is 0 Å². The van der Waals surface area contributed by atoms with Gasteiger partial charge >= 0.3 is 0 Å². The van der Waals surface area contributed by atoms with Gasteiger partial charge in [-0.3, -0.25) is 0 Å². The van der Waals surface area contributed by atoms with Gasteiger partial charge in [0.1, 0.15) is 11.2 Å². The van der Waals surface area contributed by atoms with Crippen LogP contribution in [0, 0.1) is 0 Å². The molecule has 0 saturated carbocycles. The van der Waals surface area contributed by atoms with E-state index < -0.39 is 0 Å². The average Bonchev–Trinajstić information content (AvgIpc) is 3.81. The summed E-state index contributed by atoms with van der Waals surface area (Å²) in [6, 6.07) is 67.4. The summed E-state index contributed by atoms with van der Waals surface area (Å²) in [7, 11) is 0. The van der Waals surface area contributed by atoms with Crippen molar-refractivity contribution in [2.75, 3.05) is 0 Å². The Labute approximate surface area is 322 Å². The third-order valence-corrected chi connectivity index (χ3v) is 10.7. The molecule has 0 radical (unpaired) electrons. The lowest BCUT2D eigenvalue weighted by atomic mass is 10.0. The maximum Gasteiger partial charge on any atom is 0.164 e. The summed E-state index contributed by atoms with van der Waals surface area (Å²) < 4.78 is 8.86. The maximum absolute atomic E-state index is 6.54. The highest BCUT2D eigenvalue weighted by molar-refractivity contribution is 6.11. The van der Waals surface area contributed by atoms with Gasteiger partial charge in [0.2, 0.25) is 0 Å². The largest absolute Gasteiger partial charge is 0.456 e. The molecule has 5 nitrogen and oxygen atoms in total. The van der Waals surface area contributed by atoms with Crippen LogP contribution in [0.25, 0.3) is 106 Å². The van der Waals surface area contributed by atoms with Gasteiger partial charge < -0.3 is 8.98 Å². The molecule has 3 aromatic heterocycles. The fraction of sp³-hybridized carbons (Fsp3) is 0. The Bertz CT molecular complexity index is 3220. The Hall–Kier alpha value is -7.63. The highest BCUT2D eigenvalue weighted by Gasteiger charge is 2.18. The molecule has 262 valence electrons. The Morgan fingerprint density at radius 1 is 0.304 bits per heavy atom. The van der Waals surface area contributed by atoms with E-state index in [1.54, 1.807) is 0 Å². The molecule has 8 aromatic carbocycles. The van der Waals surface area contributed by atoms with Gasteiger partial charge in [0, 0.05) is 50.0 Å². The van der Waals surface area contributed by atoms with Gasteiger partial charge in [0.25, 0.3) is 0 Å². The molecule has 0 aliphatic heterocycles. The Morgan fingerprint density at radius 2 is 0.768 bits per heavy atom. The van der Waals surface area contributed by atoms with Crippen molar-refractivity contribution in [1.29, 1.82) is 0 Å². The average molecular weight is 717 g/mol. The van der Waals surface area contributed by atoms with Gasteiger partial charge in [0.15, 0.2) is 17.5 Å². The molecule has 0 bridgehead atoms. The van der Waals surface area contributed by atoms with Crippen LogP contribution < -0.4 is 0 Å². The Kier molecular flexibility index (Phi) is 7.42. The third kappa shape index (κ3) is 5.45. The van der Waals surface area contributed by atoms with Crippen molar-refractivity contribution in [1.82, 2.24) is 19.5 Å². The van der Waals surface area contributed by atoms with Crippen molar-refractivity contribution in [2.45, 2.75) is 0 Å². The number of fused-ring (bicyclic) bond motifs is 6. The van der Waals surface area contributed by atoms with Crippen LogP contribution in [-0.4, -0.2) is 19.5 Å². The third-order valence-electron chi connectivity index (χ3n) is 10.7. The smallest absolute Gasteiger partial charge is 0.164 e. The summed E-state index contributed by atoms with van der Waals surface area (Å²) in [4.78, 5) is 15.1. The first-order valence-corrected chi connectivity index (χ1v) is 18.8. The summed E-state index contributed by atoms with van der Waals surface area (Å²) in [5.41, 5.74) is 12.4. The van der Waals surface area contributed by atoms with Crippen LogP contribution in [0.2, 0.25) is 0 Å². The molecule has 0 aliphatic carbocycles. The van der Waals surface area contributed by atoms with Gasteiger partial charge in [0.05, 0.1) is 11.0 Å². The molecule has 11 aromatic rings. The SMILES string of the molecule is c1ccc(-c2ccc(-c3nc(-c4ccccc4)nc(-c4ccc5c(c4)c4ccccc4n5-c4ccc5c(c4)oc4cc(-c6ccccc6)ccc45)n3)cc2)cc1. The molecule has 0 amide bonds. The second-order valence-electron chi connectivity index (χ2n) is 14.1. The van der Waals surface area contributed by atoms with E-state index in [4.69, 9.17) is 19.4 Å². The highest BCUT2D eigenvalue weighted by Crippen LogP contribution is 2.38. The standard InChI is InChI=1S/C51H32N4O/c1-4-12-33(13-5-1)35-20-22-37(23-21-35)50-52-49(36-16-8-3-9-17-36)53-51(54-50)39-25-29-46-44(30-39)41-18-10-11-19-45(41)55(46)40-26-28-43-42-27-24-38(34-14-6-2-7-15-34)31-47(42)56-48(43)32-40/h1-32H. The van der Waals surface area contributed by atoms with E-state index in [9.17, 15) is 0 Å². The number of hydrogen-bond donors (Lipinski definition) is 0. The van der Waals surface area contributed by atoms with Crippen LogP contribution in [0.3, 0.4) is 0 Å². The number of nitrogens with zero attached hydrogens (tertiary/aromatic N) is 4. The highest BCUT2D eigenvalue weighted by atomic mass is 16.3. The van der Waals surface area contributed by atoms with E-state index in [0.717, 1.165) is 77.2 Å². The molecular formula is C51H32N4O.